The van der Waals surface area contributed by atoms with Gasteiger partial charge in [0.2, 0.25) is 11.8 Å². The molecular weight excluding hydrogens is 433 g/mol. The first-order valence-electron chi connectivity index (χ1n) is 11.0. The predicted molar refractivity (Wildman–Crippen MR) is 120 cm³/mol. The molecule has 0 atom stereocenters. The van der Waals surface area contributed by atoms with Crippen molar-refractivity contribution in [2.45, 2.75) is 38.3 Å². The Morgan fingerprint density at radius 2 is 1.70 bits per heavy atom. The lowest BCUT2D eigenvalue weighted by Gasteiger charge is -2.23. The largest absolute Gasteiger partial charge is 0.416 e. The molecule has 2 aromatic rings. The molecule has 2 aliphatic rings. The van der Waals surface area contributed by atoms with Gasteiger partial charge in [0.05, 0.1) is 29.2 Å². The third-order valence-electron chi connectivity index (χ3n) is 5.81. The van der Waals surface area contributed by atoms with Crippen molar-refractivity contribution in [2.75, 3.05) is 29.9 Å². The van der Waals surface area contributed by atoms with Gasteiger partial charge < -0.3 is 10.2 Å². The van der Waals surface area contributed by atoms with Gasteiger partial charge in [-0.1, -0.05) is 30.3 Å². The van der Waals surface area contributed by atoms with Crippen molar-refractivity contribution in [3.63, 3.8) is 0 Å². The molecule has 2 heterocycles. The molecule has 1 saturated heterocycles. The summed E-state index contributed by atoms with van der Waals surface area (Å²) < 4.78 is 39.6. The maximum absolute atomic E-state index is 13.2. The fourth-order valence-corrected chi connectivity index (χ4v) is 4.08. The molecule has 0 aromatic heterocycles. The van der Waals surface area contributed by atoms with E-state index >= 15 is 0 Å². The average molecular weight is 458 g/mol. The van der Waals surface area contributed by atoms with Crippen molar-refractivity contribution < 1.29 is 22.8 Å². The molecule has 2 aromatic carbocycles. The summed E-state index contributed by atoms with van der Waals surface area (Å²) in [5.41, 5.74) is 1.63. The molecule has 33 heavy (non-hydrogen) atoms. The Kier molecular flexibility index (Phi) is 6.67. The van der Waals surface area contributed by atoms with Gasteiger partial charge in [-0.3, -0.25) is 9.59 Å². The maximum Gasteiger partial charge on any atom is 0.416 e. The summed E-state index contributed by atoms with van der Waals surface area (Å²) >= 11 is 0. The second kappa shape index (κ2) is 9.64. The molecule has 4 rings (SSSR count). The first-order chi connectivity index (χ1) is 15.8. The van der Waals surface area contributed by atoms with Crippen molar-refractivity contribution in [3.05, 3.63) is 59.7 Å². The van der Waals surface area contributed by atoms with Crippen LogP contribution in [0.1, 0.15) is 43.2 Å². The van der Waals surface area contributed by atoms with Gasteiger partial charge in [-0.25, -0.2) is 5.01 Å². The van der Waals surface area contributed by atoms with Gasteiger partial charge in [-0.05, 0) is 36.6 Å². The monoisotopic (exact) mass is 458 g/mol. The standard InChI is InChI=1S/C24H25F3N4O2/c25-24(26,27)18-8-9-21(30-13-4-5-14-30)20(16-18)28-22(32)10-11-23(33)31-15-12-19(29-31)17-6-2-1-3-7-17/h1-3,6-9,16H,4-5,10-15H2,(H,28,32). The van der Waals surface area contributed by atoms with Crippen LogP contribution < -0.4 is 10.2 Å². The van der Waals surface area contributed by atoms with Crippen LogP contribution in [0.25, 0.3) is 0 Å². The lowest BCUT2D eigenvalue weighted by atomic mass is 10.1. The van der Waals surface area contributed by atoms with E-state index in [1.165, 1.54) is 11.1 Å². The smallest absolute Gasteiger partial charge is 0.370 e. The molecule has 0 bridgehead atoms. The first kappa shape index (κ1) is 22.8. The van der Waals surface area contributed by atoms with E-state index in [4.69, 9.17) is 0 Å². The van der Waals surface area contributed by atoms with E-state index in [1.807, 2.05) is 35.2 Å². The number of anilines is 2. The molecule has 0 aliphatic carbocycles. The topological polar surface area (TPSA) is 65.0 Å². The van der Waals surface area contributed by atoms with Crippen molar-refractivity contribution in [2.24, 2.45) is 5.10 Å². The molecular formula is C24H25F3N4O2. The maximum atomic E-state index is 13.2. The summed E-state index contributed by atoms with van der Waals surface area (Å²) in [7, 11) is 0. The summed E-state index contributed by atoms with van der Waals surface area (Å²) in [5.74, 6) is -0.797. The van der Waals surface area contributed by atoms with Crippen LogP contribution in [0, 0.1) is 0 Å². The van der Waals surface area contributed by atoms with Gasteiger partial charge in [0, 0.05) is 32.4 Å². The minimum Gasteiger partial charge on any atom is -0.370 e. The molecule has 2 amide bonds. The van der Waals surface area contributed by atoms with Crippen molar-refractivity contribution in [1.29, 1.82) is 0 Å². The Balaban J connectivity index is 1.39. The molecule has 174 valence electrons. The summed E-state index contributed by atoms with van der Waals surface area (Å²) in [6.45, 7) is 1.89. The summed E-state index contributed by atoms with van der Waals surface area (Å²) in [6, 6.07) is 12.9. The average Bonchev–Trinajstić information content (AvgIpc) is 3.50. The van der Waals surface area contributed by atoms with Crippen LogP contribution in [0.5, 0.6) is 0 Å². The molecule has 1 N–H and O–H groups in total. The highest BCUT2D eigenvalue weighted by Crippen LogP contribution is 2.36. The van der Waals surface area contributed by atoms with E-state index in [0.717, 1.165) is 49.3 Å². The zero-order chi connectivity index (χ0) is 23.4. The number of amides is 2. The lowest BCUT2D eigenvalue weighted by Crippen LogP contribution is -2.25. The van der Waals surface area contributed by atoms with Crippen LogP contribution in [-0.2, 0) is 15.8 Å². The summed E-state index contributed by atoms with van der Waals surface area (Å²) in [4.78, 5) is 27.0. The number of rotatable bonds is 6. The second-order valence-corrected chi connectivity index (χ2v) is 8.15. The highest BCUT2D eigenvalue weighted by atomic mass is 19.4. The number of nitrogens with one attached hydrogen (secondary N) is 1. The zero-order valence-corrected chi connectivity index (χ0v) is 18.1. The normalized spacial score (nSPS) is 16.2. The third kappa shape index (κ3) is 5.53. The Bertz CT molecular complexity index is 1050. The quantitative estimate of drug-likeness (QED) is 0.685. The number of hydrogen-bond donors (Lipinski definition) is 1. The van der Waals surface area contributed by atoms with E-state index in [0.29, 0.717) is 18.7 Å². The summed E-state index contributed by atoms with van der Waals surface area (Å²) in [6.07, 6.45) is -2.19. The van der Waals surface area contributed by atoms with Crippen molar-refractivity contribution in [3.8, 4) is 0 Å². The molecule has 6 nitrogen and oxygen atoms in total. The Morgan fingerprint density at radius 1 is 0.970 bits per heavy atom. The number of alkyl halides is 3. The highest BCUT2D eigenvalue weighted by Gasteiger charge is 2.32. The van der Waals surface area contributed by atoms with E-state index in [-0.39, 0.29) is 24.4 Å². The van der Waals surface area contributed by atoms with Crippen LogP contribution in [0.3, 0.4) is 0 Å². The molecule has 0 radical (unpaired) electrons. The van der Waals surface area contributed by atoms with E-state index in [2.05, 4.69) is 10.4 Å². The Morgan fingerprint density at radius 3 is 2.39 bits per heavy atom. The Hall–Kier alpha value is -3.36. The molecule has 0 saturated carbocycles. The van der Waals surface area contributed by atoms with Gasteiger partial charge >= 0.3 is 6.18 Å². The van der Waals surface area contributed by atoms with Crippen LogP contribution in [0.15, 0.2) is 53.6 Å². The third-order valence-corrected chi connectivity index (χ3v) is 5.81. The van der Waals surface area contributed by atoms with Gasteiger partial charge in [0.1, 0.15) is 0 Å². The highest BCUT2D eigenvalue weighted by molar-refractivity contribution is 6.03. The first-order valence-corrected chi connectivity index (χ1v) is 11.0. The van der Waals surface area contributed by atoms with Crippen LogP contribution in [0.4, 0.5) is 24.5 Å². The van der Waals surface area contributed by atoms with E-state index < -0.39 is 17.6 Å². The minimum absolute atomic E-state index is 0.0740. The second-order valence-electron chi connectivity index (χ2n) is 8.15. The summed E-state index contributed by atoms with van der Waals surface area (Å²) in [5, 5.41) is 8.31. The Labute approximate surface area is 190 Å². The lowest BCUT2D eigenvalue weighted by molar-refractivity contribution is -0.137. The number of carbonyl (C=O) groups excluding carboxylic acids is 2. The van der Waals surface area contributed by atoms with Crippen molar-refractivity contribution in [1.82, 2.24) is 5.01 Å². The van der Waals surface area contributed by atoms with Crippen molar-refractivity contribution >= 4 is 28.9 Å². The van der Waals surface area contributed by atoms with Crippen LogP contribution in [-0.4, -0.2) is 42.2 Å². The van der Waals surface area contributed by atoms with Gasteiger partial charge in [0.25, 0.3) is 0 Å². The SMILES string of the molecule is O=C(CCC(=O)N1CCC(c2ccccc2)=N1)Nc1cc(C(F)(F)F)ccc1N1CCCC1. The zero-order valence-electron chi connectivity index (χ0n) is 18.1. The van der Waals surface area contributed by atoms with E-state index in [1.54, 1.807) is 0 Å². The predicted octanol–water partition coefficient (Wildman–Crippen LogP) is 4.66. The van der Waals surface area contributed by atoms with Gasteiger partial charge in [-0.15, -0.1) is 0 Å². The van der Waals surface area contributed by atoms with Gasteiger partial charge in [-0.2, -0.15) is 18.3 Å². The fraction of sp³-hybridized carbons (Fsp3) is 0.375. The number of hydrogen-bond acceptors (Lipinski definition) is 4. The van der Waals surface area contributed by atoms with Gasteiger partial charge in [0.15, 0.2) is 0 Å². The molecule has 2 aliphatic heterocycles. The number of carbonyl (C=O) groups is 2. The number of hydrazone groups is 1. The minimum atomic E-state index is -4.51. The molecule has 9 heteroatoms. The molecule has 0 unspecified atom stereocenters. The van der Waals surface area contributed by atoms with E-state index in [9.17, 15) is 22.8 Å². The van der Waals surface area contributed by atoms with Crippen LogP contribution in [0.2, 0.25) is 0 Å². The fourth-order valence-electron chi connectivity index (χ4n) is 4.08. The molecule has 0 spiro atoms. The number of nitrogens with zero attached hydrogens (tertiary/aromatic N) is 3. The molecule has 1 fully saturated rings. The number of halogens is 3. The number of benzene rings is 2. The van der Waals surface area contributed by atoms with Crippen LogP contribution >= 0.6 is 0 Å².